The highest BCUT2D eigenvalue weighted by Gasteiger charge is 2.27. The van der Waals surface area contributed by atoms with Crippen LogP contribution in [0.4, 0.5) is 4.79 Å². The van der Waals surface area contributed by atoms with Gasteiger partial charge in [-0.25, -0.2) is 4.79 Å². The Balaban J connectivity index is 2.02. The van der Waals surface area contributed by atoms with Gasteiger partial charge in [0, 0.05) is 37.3 Å². The fourth-order valence-corrected chi connectivity index (χ4v) is 2.92. The third-order valence-electron chi connectivity index (χ3n) is 4.31. The Morgan fingerprint density at radius 1 is 1.00 bits per heavy atom. The summed E-state index contributed by atoms with van der Waals surface area (Å²) in [5.41, 5.74) is 2.28. The lowest BCUT2D eigenvalue weighted by Gasteiger charge is -2.36. The monoisotopic (exact) mass is 347 g/mol. The molecule has 2 rings (SSSR count). The van der Waals surface area contributed by atoms with Crippen molar-refractivity contribution in [2.75, 3.05) is 33.3 Å². The first kappa shape index (κ1) is 19.1. The zero-order chi connectivity index (χ0) is 18.8. The van der Waals surface area contributed by atoms with Crippen molar-refractivity contribution in [1.82, 2.24) is 15.1 Å². The van der Waals surface area contributed by atoms with Gasteiger partial charge in [0.2, 0.25) is 0 Å². The van der Waals surface area contributed by atoms with E-state index >= 15 is 0 Å². The maximum atomic E-state index is 12.8. The number of rotatable bonds is 2. The van der Waals surface area contributed by atoms with Crippen LogP contribution in [0.15, 0.2) is 12.1 Å². The number of carbonyl (C=O) groups excluding carboxylic acids is 2. The van der Waals surface area contributed by atoms with E-state index in [1.165, 1.54) is 0 Å². The smallest absolute Gasteiger partial charge is 0.317 e. The number of aryl methyl sites for hydroxylation is 2. The maximum Gasteiger partial charge on any atom is 0.317 e. The lowest BCUT2D eigenvalue weighted by molar-refractivity contribution is 0.0660. The van der Waals surface area contributed by atoms with Gasteiger partial charge in [-0.1, -0.05) is 0 Å². The molecule has 3 amide bonds. The number of hydrogen-bond acceptors (Lipinski definition) is 3. The minimum absolute atomic E-state index is 0.0131. The van der Waals surface area contributed by atoms with Gasteiger partial charge in [-0.2, -0.15) is 0 Å². The average molecular weight is 347 g/mol. The summed E-state index contributed by atoms with van der Waals surface area (Å²) in [5.74, 6) is 0.803. The summed E-state index contributed by atoms with van der Waals surface area (Å²) in [6, 6.07) is 3.71. The number of hydrogen-bond donors (Lipinski definition) is 1. The Hall–Kier alpha value is -2.24. The van der Waals surface area contributed by atoms with E-state index in [2.05, 4.69) is 5.32 Å². The van der Waals surface area contributed by atoms with Crippen molar-refractivity contribution in [2.45, 2.75) is 40.2 Å². The summed E-state index contributed by atoms with van der Waals surface area (Å²) >= 11 is 0. The molecule has 0 saturated carbocycles. The van der Waals surface area contributed by atoms with Gasteiger partial charge < -0.3 is 19.9 Å². The highest BCUT2D eigenvalue weighted by Crippen LogP contribution is 2.24. The van der Waals surface area contributed by atoms with Crippen LogP contribution in [0.5, 0.6) is 5.75 Å². The molecule has 6 nitrogen and oxygen atoms in total. The van der Waals surface area contributed by atoms with Gasteiger partial charge >= 0.3 is 6.03 Å². The SMILES string of the molecule is COc1cc(C)c(C(=O)N2CCN(C(=O)NC(C)(C)C)CC2)cc1C. The van der Waals surface area contributed by atoms with Crippen LogP contribution in [0, 0.1) is 13.8 Å². The molecule has 1 N–H and O–H groups in total. The zero-order valence-corrected chi connectivity index (χ0v) is 16.1. The van der Waals surface area contributed by atoms with Crippen molar-refractivity contribution < 1.29 is 14.3 Å². The van der Waals surface area contributed by atoms with E-state index in [0.717, 1.165) is 16.9 Å². The molecule has 1 aliphatic rings. The van der Waals surface area contributed by atoms with Crippen LogP contribution in [0.25, 0.3) is 0 Å². The molecule has 0 unspecified atom stereocenters. The minimum Gasteiger partial charge on any atom is -0.496 e. The summed E-state index contributed by atoms with van der Waals surface area (Å²) in [6.07, 6.45) is 0. The molecule has 138 valence electrons. The Bertz CT molecular complexity index is 657. The molecule has 1 aromatic carbocycles. The largest absolute Gasteiger partial charge is 0.496 e. The number of carbonyl (C=O) groups is 2. The van der Waals surface area contributed by atoms with Crippen molar-refractivity contribution in [2.24, 2.45) is 0 Å². The van der Waals surface area contributed by atoms with E-state index in [-0.39, 0.29) is 17.5 Å². The van der Waals surface area contributed by atoms with Crippen LogP contribution < -0.4 is 10.1 Å². The van der Waals surface area contributed by atoms with Crippen molar-refractivity contribution >= 4 is 11.9 Å². The molecular formula is C19H29N3O3. The van der Waals surface area contributed by atoms with Gasteiger partial charge in [0.15, 0.2) is 0 Å². The van der Waals surface area contributed by atoms with Crippen molar-refractivity contribution in [3.8, 4) is 5.75 Å². The third-order valence-corrected chi connectivity index (χ3v) is 4.31. The molecule has 0 radical (unpaired) electrons. The zero-order valence-electron chi connectivity index (χ0n) is 16.1. The Labute approximate surface area is 150 Å². The topological polar surface area (TPSA) is 61.9 Å². The highest BCUT2D eigenvalue weighted by atomic mass is 16.5. The Morgan fingerprint density at radius 2 is 1.56 bits per heavy atom. The normalized spacial score (nSPS) is 15.1. The molecule has 1 saturated heterocycles. The van der Waals surface area contributed by atoms with E-state index in [4.69, 9.17) is 4.74 Å². The molecule has 0 bridgehead atoms. The number of benzene rings is 1. The number of methoxy groups -OCH3 is 1. The van der Waals surface area contributed by atoms with Crippen LogP contribution in [0.3, 0.4) is 0 Å². The number of nitrogens with one attached hydrogen (secondary N) is 1. The molecule has 0 aliphatic carbocycles. The number of amides is 3. The second-order valence-electron chi connectivity index (χ2n) is 7.60. The molecule has 6 heteroatoms. The molecule has 1 aliphatic heterocycles. The van der Waals surface area contributed by atoms with Gasteiger partial charge in [0.25, 0.3) is 5.91 Å². The van der Waals surface area contributed by atoms with E-state index in [0.29, 0.717) is 31.7 Å². The Morgan fingerprint density at radius 3 is 2.08 bits per heavy atom. The summed E-state index contributed by atoms with van der Waals surface area (Å²) in [7, 11) is 1.63. The fourth-order valence-electron chi connectivity index (χ4n) is 2.92. The number of nitrogens with zero attached hydrogens (tertiary/aromatic N) is 2. The van der Waals surface area contributed by atoms with Crippen LogP contribution in [0.2, 0.25) is 0 Å². The second kappa shape index (κ2) is 7.33. The summed E-state index contributed by atoms with van der Waals surface area (Å²) < 4.78 is 5.31. The van der Waals surface area contributed by atoms with Crippen LogP contribution in [-0.4, -0.2) is 60.6 Å². The van der Waals surface area contributed by atoms with E-state index in [1.807, 2.05) is 51.7 Å². The first-order chi connectivity index (χ1) is 11.6. The number of piperazine rings is 1. The molecule has 0 spiro atoms. The van der Waals surface area contributed by atoms with Gasteiger partial charge in [-0.3, -0.25) is 4.79 Å². The first-order valence-electron chi connectivity index (χ1n) is 8.64. The van der Waals surface area contributed by atoms with Crippen LogP contribution in [0.1, 0.15) is 42.3 Å². The molecule has 0 atom stereocenters. The van der Waals surface area contributed by atoms with E-state index < -0.39 is 0 Å². The third kappa shape index (κ3) is 4.65. The Kier molecular flexibility index (Phi) is 5.60. The van der Waals surface area contributed by atoms with Crippen LogP contribution in [-0.2, 0) is 0 Å². The summed E-state index contributed by atoms with van der Waals surface area (Å²) in [6.45, 7) is 11.9. The standard InChI is InChI=1S/C19H29N3O3/c1-13-12-16(25-6)14(2)11-15(13)17(23)21-7-9-22(10-8-21)18(24)20-19(3,4)5/h11-12H,7-10H2,1-6H3,(H,20,24). The van der Waals surface area contributed by atoms with Gasteiger partial charge in [0.05, 0.1) is 7.11 Å². The summed E-state index contributed by atoms with van der Waals surface area (Å²) in [5, 5.41) is 2.96. The molecular weight excluding hydrogens is 318 g/mol. The minimum atomic E-state index is -0.262. The lowest BCUT2D eigenvalue weighted by Crippen LogP contribution is -2.56. The average Bonchev–Trinajstić information content (AvgIpc) is 2.54. The van der Waals surface area contributed by atoms with Gasteiger partial charge in [0.1, 0.15) is 5.75 Å². The second-order valence-corrected chi connectivity index (χ2v) is 7.60. The highest BCUT2D eigenvalue weighted by molar-refractivity contribution is 5.96. The first-order valence-corrected chi connectivity index (χ1v) is 8.64. The predicted octanol–water partition coefficient (Wildman–Crippen LogP) is 2.58. The molecule has 0 aromatic heterocycles. The molecule has 1 heterocycles. The number of ether oxygens (including phenoxy) is 1. The van der Waals surface area contributed by atoms with E-state index in [9.17, 15) is 9.59 Å². The van der Waals surface area contributed by atoms with Gasteiger partial charge in [-0.15, -0.1) is 0 Å². The molecule has 25 heavy (non-hydrogen) atoms. The van der Waals surface area contributed by atoms with Crippen molar-refractivity contribution in [3.05, 3.63) is 28.8 Å². The lowest BCUT2D eigenvalue weighted by atomic mass is 10.0. The molecule has 1 aromatic rings. The quantitative estimate of drug-likeness (QED) is 0.894. The van der Waals surface area contributed by atoms with Crippen LogP contribution >= 0.6 is 0 Å². The van der Waals surface area contributed by atoms with Gasteiger partial charge in [-0.05, 0) is 57.9 Å². The van der Waals surface area contributed by atoms with Crippen molar-refractivity contribution in [3.63, 3.8) is 0 Å². The number of urea groups is 1. The van der Waals surface area contributed by atoms with Crippen molar-refractivity contribution in [1.29, 1.82) is 0 Å². The van der Waals surface area contributed by atoms with E-state index in [1.54, 1.807) is 12.0 Å². The predicted molar refractivity (Wildman–Crippen MR) is 98.2 cm³/mol. The fraction of sp³-hybridized carbons (Fsp3) is 0.579. The maximum absolute atomic E-state index is 12.8. The summed E-state index contributed by atoms with van der Waals surface area (Å²) in [4.78, 5) is 28.7. The molecule has 1 fully saturated rings.